The molecular weight excluding hydrogens is 286 g/mol. The van der Waals surface area contributed by atoms with Gasteiger partial charge < -0.3 is 14.7 Å². The van der Waals surface area contributed by atoms with Gasteiger partial charge in [-0.3, -0.25) is 4.79 Å². The Labute approximate surface area is 108 Å². The summed E-state index contributed by atoms with van der Waals surface area (Å²) in [7, 11) is 0. The number of rotatable bonds is 2. The highest BCUT2D eigenvalue weighted by atomic mass is 79.9. The summed E-state index contributed by atoms with van der Waals surface area (Å²) in [5.74, 6) is -0.0146. The highest BCUT2D eigenvalue weighted by Crippen LogP contribution is 2.14. The van der Waals surface area contributed by atoms with Crippen molar-refractivity contribution in [3.8, 4) is 0 Å². The van der Waals surface area contributed by atoms with Crippen molar-refractivity contribution in [2.75, 3.05) is 26.3 Å². The molecule has 0 bridgehead atoms. The molecule has 5 heteroatoms. The Morgan fingerprint density at radius 3 is 2.82 bits per heavy atom. The molecule has 1 amide bonds. The first-order chi connectivity index (χ1) is 8.20. The molecule has 17 heavy (non-hydrogen) atoms. The Hall–Kier alpha value is -0.910. The van der Waals surface area contributed by atoms with Crippen molar-refractivity contribution in [1.29, 1.82) is 0 Å². The molecule has 1 atom stereocenters. The number of carbonyl (C=O) groups is 1. The number of aliphatic hydroxyl groups is 1. The molecule has 92 valence electrons. The molecule has 0 spiro atoms. The Morgan fingerprint density at radius 1 is 1.47 bits per heavy atom. The number of carbonyl (C=O) groups excluding carboxylic acids is 1. The van der Waals surface area contributed by atoms with Gasteiger partial charge in [-0.15, -0.1) is 0 Å². The van der Waals surface area contributed by atoms with Gasteiger partial charge in [0.05, 0.1) is 19.3 Å². The quantitative estimate of drug-likeness (QED) is 0.895. The number of halogens is 1. The second kappa shape index (κ2) is 5.62. The predicted octanol–water partition coefficient (Wildman–Crippen LogP) is 1.28. The summed E-state index contributed by atoms with van der Waals surface area (Å²) in [6.07, 6.45) is -0.261. The first-order valence-corrected chi connectivity index (χ1v) is 6.27. The first kappa shape index (κ1) is 12.5. The third kappa shape index (κ3) is 3.06. The van der Waals surface area contributed by atoms with E-state index in [0.717, 1.165) is 4.47 Å². The van der Waals surface area contributed by atoms with Crippen LogP contribution >= 0.6 is 15.9 Å². The van der Waals surface area contributed by atoms with E-state index in [4.69, 9.17) is 9.84 Å². The molecule has 0 aromatic heterocycles. The third-order valence-corrected chi connectivity index (χ3v) is 3.25. The maximum Gasteiger partial charge on any atom is 0.254 e. The topological polar surface area (TPSA) is 49.8 Å². The fourth-order valence-corrected chi connectivity index (χ4v) is 2.05. The average Bonchev–Trinajstić information content (AvgIpc) is 2.39. The number of hydrogen-bond acceptors (Lipinski definition) is 3. The van der Waals surface area contributed by atoms with Crippen molar-refractivity contribution >= 4 is 21.8 Å². The highest BCUT2D eigenvalue weighted by molar-refractivity contribution is 9.10. The minimum absolute atomic E-state index is 0.0146. The van der Waals surface area contributed by atoms with E-state index in [2.05, 4.69) is 15.9 Å². The fourth-order valence-electron chi connectivity index (χ4n) is 1.79. The second-order valence-corrected chi connectivity index (χ2v) is 4.85. The van der Waals surface area contributed by atoms with Gasteiger partial charge in [0, 0.05) is 23.1 Å². The zero-order chi connectivity index (χ0) is 12.3. The van der Waals surface area contributed by atoms with Crippen molar-refractivity contribution in [2.24, 2.45) is 0 Å². The summed E-state index contributed by atoms with van der Waals surface area (Å²) in [6, 6.07) is 7.26. The Kier molecular flexibility index (Phi) is 4.15. The van der Waals surface area contributed by atoms with Crippen LogP contribution in [0.1, 0.15) is 10.4 Å². The summed E-state index contributed by atoms with van der Waals surface area (Å²) in [4.78, 5) is 13.9. The van der Waals surface area contributed by atoms with Gasteiger partial charge in [-0.05, 0) is 24.3 Å². The SMILES string of the molecule is O=C(c1ccc(Br)cc1)N1CCOC(CO)C1. The maximum absolute atomic E-state index is 12.1. The van der Waals surface area contributed by atoms with E-state index in [1.54, 1.807) is 17.0 Å². The lowest BCUT2D eigenvalue weighted by molar-refractivity contribution is -0.0447. The number of aliphatic hydroxyl groups excluding tert-OH is 1. The molecule has 1 aromatic rings. The maximum atomic E-state index is 12.1. The largest absolute Gasteiger partial charge is 0.394 e. The summed E-state index contributed by atoms with van der Waals surface area (Å²) in [5.41, 5.74) is 0.659. The molecule has 0 radical (unpaired) electrons. The van der Waals surface area contributed by atoms with Crippen molar-refractivity contribution in [3.63, 3.8) is 0 Å². The number of benzene rings is 1. The normalized spacial score (nSPS) is 20.4. The number of ether oxygens (including phenoxy) is 1. The van der Waals surface area contributed by atoms with Crippen molar-refractivity contribution in [2.45, 2.75) is 6.10 Å². The lowest BCUT2D eigenvalue weighted by atomic mass is 10.2. The van der Waals surface area contributed by atoms with Crippen LogP contribution in [0.2, 0.25) is 0 Å². The summed E-state index contributed by atoms with van der Waals surface area (Å²) in [5, 5.41) is 9.03. The first-order valence-electron chi connectivity index (χ1n) is 5.48. The molecule has 2 rings (SSSR count). The summed E-state index contributed by atoms with van der Waals surface area (Å²) < 4.78 is 6.26. The molecule has 1 aliphatic heterocycles. The number of morpholine rings is 1. The smallest absolute Gasteiger partial charge is 0.254 e. The second-order valence-electron chi connectivity index (χ2n) is 3.93. The highest BCUT2D eigenvalue weighted by Gasteiger charge is 2.24. The fraction of sp³-hybridized carbons (Fsp3) is 0.417. The van der Waals surface area contributed by atoms with Crippen LogP contribution in [0.5, 0.6) is 0 Å². The van der Waals surface area contributed by atoms with Crippen LogP contribution in [0.15, 0.2) is 28.7 Å². The van der Waals surface area contributed by atoms with Gasteiger partial charge in [0.15, 0.2) is 0 Å². The van der Waals surface area contributed by atoms with Gasteiger partial charge in [0.25, 0.3) is 5.91 Å². The predicted molar refractivity (Wildman–Crippen MR) is 66.9 cm³/mol. The van der Waals surface area contributed by atoms with Gasteiger partial charge in [-0.1, -0.05) is 15.9 Å². The molecule has 1 saturated heterocycles. The molecular formula is C12H14BrNO3. The standard InChI is InChI=1S/C12H14BrNO3/c13-10-3-1-9(2-4-10)12(16)14-5-6-17-11(7-14)8-15/h1-4,11,15H,5-8H2. The lowest BCUT2D eigenvalue weighted by Gasteiger charge is -2.32. The van der Waals surface area contributed by atoms with Crippen LogP contribution < -0.4 is 0 Å². The van der Waals surface area contributed by atoms with E-state index in [-0.39, 0.29) is 18.6 Å². The molecule has 1 N–H and O–H groups in total. The lowest BCUT2D eigenvalue weighted by Crippen LogP contribution is -2.46. The van der Waals surface area contributed by atoms with Crippen LogP contribution in [0, 0.1) is 0 Å². The molecule has 1 fully saturated rings. The van der Waals surface area contributed by atoms with Crippen LogP contribution in [0.3, 0.4) is 0 Å². The molecule has 1 heterocycles. The van der Waals surface area contributed by atoms with Gasteiger partial charge in [0.1, 0.15) is 0 Å². The van der Waals surface area contributed by atoms with Crippen molar-refractivity contribution in [1.82, 2.24) is 4.90 Å². The Morgan fingerprint density at radius 2 is 2.18 bits per heavy atom. The summed E-state index contributed by atoms with van der Waals surface area (Å²) in [6.45, 7) is 1.45. The number of amides is 1. The van der Waals surface area contributed by atoms with Gasteiger partial charge in [-0.25, -0.2) is 0 Å². The zero-order valence-corrected chi connectivity index (χ0v) is 10.9. The van der Waals surface area contributed by atoms with Crippen molar-refractivity contribution < 1.29 is 14.6 Å². The van der Waals surface area contributed by atoms with E-state index < -0.39 is 0 Å². The van der Waals surface area contributed by atoms with E-state index in [0.29, 0.717) is 25.3 Å². The minimum atomic E-state index is -0.261. The molecule has 4 nitrogen and oxygen atoms in total. The molecule has 1 aliphatic rings. The third-order valence-electron chi connectivity index (χ3n) is 2.72. The zero-order valence-electron chi connectivity index (χ0n) is 9.30. The van der Waals surface area contributed by atoms with Crippen molar-refractivity contribution in [3.05, 3.63) is 34.3 Å². The molecule has 1 aromatic carbocycles. The Bertz CT molecular complexity index is 393. The van der Waals surface area contributed by atoms with Crippen LogP contribution in [0.4, 0.5) is 0 Å². The van der Waals surface area contributed by atoms with Crippen LogP contribution in [-0.2, 0) is 4.74 Å². The van der Waals surface area contributed by atoms with Gasteiger partial charge >= 0.3 is 0 Å². The van der Waals surface area contributed by atoms with Gasteiger partial charge in [0.2, 0.25) is 0 Å². The average molecular weight is 300 g/mol. The van der Waals surface area contributed by atoms with E-state index in [1.165, 1.54) is 0 Å². The van der Waals surface area contributed by atoms with E-state index in [9.17, 15) is 4.79 Å². The summed E-state index contributed by atoms with van der Waals surface area (Å²) >= 11 is 3.33. The molecule has 0 saturated carbocycles. The number of hydrogen-bond donors (Lipinski definition) is 1. The Balaban J connectivity index is 2.06. The molecule has 1 unspecified atom stereocenters. The van der Waals surface area contributed by atoms with E-state index in [1.807, 2.05) is 12.1 Å². The van der Waals surface area contributed by atoms with E-state index >= 15 is 0 Å². The van der Waals surface area contributed by atoms with Gasteiger partial charge in [-0.2, -0.15) is 0 Å². The minimum Gasteiger partial charge on any atom is -0.394 e. The van der Waals surface area contributed by atoms with Crippen LogP contribution in [0.25, 0.3) is 0 Å². The monoisotopic (exact) mass is 299 g/mol. The number of nitrogens with zero attached hydrogens (tertiary/aromatic N) is 1. The molecule has 0 aliphatic carbocycles. The van der Waals surface area contributed by atoms with Crippen LogP contribution in [-0.4, -0.2) is 48.3 Å².